The average Bonchev–Trinajstić information content (AvgIpc) is 2.38. The summed E-state index contributed by atoms with van der Waals surface area (Å²) in [5.41, 5.74) is 0. The van der Waals surface area contributed by atoms with Crippen LogP contribution in [-0.2, 0) is 0 Å². The first-order chi connectivity index (χ1) is 9.45. The highest BCUT2D eigenvalue weighted by Gasteiger charge is 2.15. The molecule has 0 spiro atoms. The van der Waals surface area contributed by atoms with Crippen LogP contribution in [0, 0.1) is 11.3 Å². The minimum absolute atomic E-state index is 0.0820. The van der Waals surface area contributed by atoms with Gasteiger partial charge in [-0.3, -0.25) is 4.90 Å². The maximum atomic E-state index is 9.94. The molecule has 0 aliphatic carbocycles. The second-order valence-corrected chi connectivity index (χ2v) is 5.48. The molecular formula is C14H18Cl2N2O2. The van der Waals surface area contributed by atoms with E-state index in [4.69, 9.17) is 33.2 Å². The molecule has 0 heterocycles. The highest BCUT2D eigenvalue weighted by atomic mass is 35.5. The van der Waals surface area contributed by atoms with Crippen LogP contribution in [0.2, 0.25) is 10.0 Å². The lowest BCUT2D eigenvalue weighted by molar-refractivity contribution is 0.0661. The van der Waals surface area contributed by atoms with Crippen molar-refractivity contribution in [3.05, 3.63) is 28.2 Å². The van der Waals surface area contributed by atoms with Crippen LogP contribution >= 0.6 is 23.2 Å². The van der Waals surface area contributed by atoms with Crippen molar-refractivity contribution < 1.29 is 9.84 Å². The van der Waals surface area contributed by atoms with Gasteiger partial charge in [-0.1, -0.05) is 29.3 Å². The molecule has 0 fully saturated rings. The Hall–Kier alpha value is -0.990. The van der Waals surface area contributed by atoms with Gasteiger partial charge in [0, 0.05) is 12.6 Å². The van der Waals surface area contributed by atoms with Crippen molar-refractivity contribution >= 4 is 23.2 Å². The van der Waals surface area contributed by atoms with Gasteiger partial charge in [-0.2, -0.15) is 5.26 Å². The number of nitrogens with zero attached hydrogens (tertiary/aromatic N) is 2. The molecule has 6 heteroatoms. The summed E-state index contributed by atoms with van der Waals surface area (Å²) >= 11 is 11.9. The van der Waals surface area contributed by atoms with E-state index in [1.807, 2.05) is 18.9 Å². The Morgan fingerprint density at radius 3 is 2.55 bits per heavy atom. The zero-order chi connectivity index (χ0) is 15.1. The van der Waals surface area contributed by atoms with Crippen molar-refractivity contribution in [1.82, 2.24) is 4.90 Å². The summed E-state index contributed by atoms with van der Waals surface area (Å²) in [7, 11) is 1.85. The standard InChI is InChI=1S/C14H18Cl2N2O2/c1-10(6-7-17)18(2)8-11(19)9-20-14-12(15)4-3-5-13(14)16/h3-5,10-11,19H,6,8-9H2,1-2H3. The first kappa shape index (κ1) is 17.1. The van der Waals surface area contributed by atoms with Crippen molar-refractivity contribution in [1.29, 1.82) is 5.26 Å². The lowest BCUT2D eigenvalue weighted by Crippen LogP contribution is -2.38. The fraction of sp³-hybridized carbons (Fsp3) is 0.500. The molecule has 0 bridgehead atoms. The molecule has 0 saturated heterocycles. The molecule has 0 amide bonds. The van der Waals surface area contributed by atoms with Gasteiger partial charge >= 0.3 is 0 Å². The summed E-state index contributed by atoms with van der Waals surface area (Å²) in [4.78, 5) is 1.91. The highest BCUT2D eigenvalue weighted by Crippen LogP contribution is 2.32. The molecule has 1 aromatic carbocycles. The van der Waals surface area contributed by atoms with Gasteiger partial charge in [0.1, 0.15) is 12.7 Å². The van der Waals surface area contributed by atoms with Crippen LogP contribution in [-0.4, -0.2) is 42.4 Å². The van der Waals surface area contributed by atoms with Gasteiger partial charge in [-0.05, 0) is 26.1 Å². The summed E-state index contributed by atoms with van der Waals surface area (Å²) < 4.78 is 5.46. The highest BCUT2D eigenvalue weighted by molar-refractivity contribution is 6.37. The van der Waals surface area contributed by atoms with E-state index in [9.17, 15) is 5.11 Å². The van der Waals surface area contributed by atoms with Crippen LogP contribution in [0.3, 0.4) is 0 Å². The molecule has 1 rings (SSSR count). The van der Waals surface area contributed by atoms with Gasteiger partial charge in [0.25, 0.3) is 0 Å². The van der Waals surface area contributed by atoms with E-state index in [-0.39, 0.29) is 12.6 Å². The van der Waals surface area contributed by atoms with Crippen molar-refractivity contribution in [3.8, 4) is 11.8 Å². The minimum Gasteiger partial charge on any atom is -0.488 e. The van der Waals surface area contributed by atoms with Gasteiger partial charge in [-0.15, -0.1) is 0 Å². The van der Waals surface area contributed by atoms with Crippen LogP contribution in [0.15, 0.2) is 18.2 Å². The molecule has 0 radical (unpaired) electrons. The number of ether oxygens (including phenoxy) is 1. The summed E-state index contributed by atoms with van der Waals surface area (Å²) in [5, 5.41) is 19.4. The molecule has 0 saturated carbocycles. The molecule has 0 aliphatic rings. The third-order valence-corrected chi connectivity index (χ3v) is 3.57. The van der Waals surface area contributed by atoms with Gasteiger partial charge in [-0.25, -0.2) is 0 Å². The Labute approximate surface area is 129 Å². The first-order valence-corrected chi connectivity index (χ1v) is 7.03. The van der Waals surface area contributed by atoms with E-state index in [1.165, 1.54) is 0 Å². The lowest BCUT2D eigenvalue weighted by Gasteiger charge is -2.25. The summed E-state index contributed by atoms with van der Waals surface area (Å²) in [6.07, 6.45) is -0.270. The molecule has 110 valence electrons. The number of nitriles is 1. The number of hydrogen-bond acceptors (Lipinski definition) is 4. The second-order valence-electron chi connectivity index (χ2n) is 4.67. The number of benzene rings is 1. The van der Waals surface area contributed by atoms with E-state index in [2.05, 4.69) is 6.07 Å². The third-order valence-electron chi connectivity index (χ3n) is 2.98. The predicted molar refractivity (Wildman–Crippen MR) is 80.3 cm³/mol. The number of likely N-dealkylation sites (N-methyl/N-ethyl adjacent to an activating group) is 1. The third kappa shape index (κ3) is 5.18. The summed E-state index contributed by atoms with van der Waals surface area (Å²) in [6, 6.07) is 7.27. The van der Waals surface area contributed by atoms with Crippen LogP contribution in [0.1, 0.15) is 13.3 Å². The normalized spacial score (nSPS) is 13.8. The number of hydrogen-bond donors (Lipinski definition) is 1. The molecule has 0 aliphatic heterocycles. The lowest BCUT2D eigenvalue weighted by atomic mass is 10.2. The maximum Gasteiger partial charge on any atom is 0.156 e. The number of para-hydroxylation sites is 1. The second kappa shape index (κ2) is 8.33. The molecule has 20 heavy (non-hydrogen) atoms. The van der Waals surface area contributed by atoms with Crippen LogP contribution < -0.4 is 4.74 Å². The maximum absolute atomic E-state index is 9.94. The SMILES string of the molecule is CC(CC#N)N(C)CC(O)COc1c(Cl)cccc1Cl. The van der Waals surface area contributed by atoms with Crippen molar-refractivity contribution in [2.24, 2.45) is 0 Å². The van der Waals surface area contributed by atoms with Crippen molar-refractivity contribution in [2.45, 2.75) is 25.5 Å². The fourth-order valence-corrected chi connectivity index (χ4v) is 2.16. The first-order valence-electron chi connectivity index (χ1n) is 6.27. The fourth-order valence-electron chi connectivity index (χ4n) is 1.65. The summed E-state index contributed by atoms with van der Waals surface area (Å²) in [6.45, 7) is 2.43. The van der Waals surface area contributed by atoms with Gasteiger partial charge in [0.15, 0.2) is 5.75 Å². The molecule has 2 unspecified atom stereocenters. The molecular weight excluding hydrogens is 299 g/mol. The van der Waals surface area contributed by atoms with Gasteiger partial charge < -0.3 is 9.84 Å². The Morgan fingerprint density at radius 2 is 2.00 bits per heavy atom. The molecule has 1 aromatic rings. The zero-order valence-corrected chi connectivity index (χ0v) is 13.0. The molecule has 0 aromatic heterocycles. The zero-order valence-electron chi connectivity index (χ0n) is 11.5. The van der Waals surface area contributed by atoms with E-state index >= 15 is 0 Å². The van der Waals surface area contributed by atoms with E-state index in [1.54, 1.807) is 18.2 Å². The topological polar surface area (TPSA) is 56.5 Å². The van der Waals surface area contributed by atoms with Gasteiger partial charge in [0.05, 0.1) is 22.5 Å². The monoisotopic (exact) mass is 316 g/mol. The predicted octanol–water partition coefficient (Wildman–Crippen LogP) is 2.97. The Kier molecular flexibility index (Phi) is 7.11. The summed E-state index contributed by atoms with van der Waals surface area (Å²) in [5.74, 6) is 0.377. The van der Waals surface area contributed by atoms with E-state index in [0.717, 1.165) is 0 Å². The number of aliphatic hydroxyl groups is 1. The Morgan fingerprint density at radius 1 is 1.40 bits per heavy atom. The Bertz CT molecular complexity index is 456. The van der Waals surface area contributed by atoms with Crippen molar-refractivity contribution in [2.75, 3.05) is 20.2 Å². The van der Waals surface area contributed by atoms with E-state index < -0.39 is 6.10 Å². The smallest absolute Gasteiger partial charge is 0.156 e. The average molecular weight is 317 g/mol. The number of rotatable bonds is 7. The number of aliphatic hydroxyl groups excluding tert-OH is 1. The quantitative estimate of drug-likeness (QED) is 0.840. The number of halogens is 2. The largest absolute Gasteiger partial charge is 0.488 e. The minimum atomic E-state index is -0.687. The Balaban J connectivity index is 2.48. The van der Waals surface area contributed by atoms with E-state index in [0.29, 0.717) is 28.8 Å². The van der Waals surface area contributed by atoms with Gasteiger partial charge in [0.2, 0.25) is 0 Å². The molecule has 1 N–H and O–H groups in total. The van der Waals surface area contributed by atoms with Crippen LogP contribution in [0.4, 0.5) is 0 Å². The molecule has 2 atom stereocenters. The molecule has 4 nitrogen and oxygen atoms in total. The van der Waals surface area contributed by atoms with Crippen LogP contribution in [0.25, 0.3) is 0 Å². The van der Waals surface area contributed by atoms with Crippen molar-refractivity contribution in [3.63, 3.8) is 0 Å². The van der Waals surface area contributed by atoms with Crippen LogP contribution in [0.5, 0.6) is 5.75 Å².